The molecule has 2 N–H and O–H groups in total. The number of halogens is 3. The van der Waals surface area contributed by atoms with Crippen LogP contribution in [0.25, 0.3) is 0 Å². The van der Waals surface area contributed by atoms with E-state index in [4.69, 9.17) is 15.2 Å². The van der Waals surface area contributed by atoms with Crippen LogP contribution in [0.1, 0.15) is 15.2 Å². The van der Waals surface area contributed by atoms with Crippen LogP contribution in [0.4, 0.5) is 18.2 Å². The van der Waals surface area contributed by atoms with Crippen molar-refractivity contribution in [3.8, 4) is 11.5 Å². The number of benzene rings is 1. The molecule has 10 heteroatoms. The number of amides is 1. The van der Waals surface area contributed by atoms with Crippen LogP contribution in [0.3, 0.4) is 0 Å². The summed E-state index contributed by atoms with van der Waals surface area (Å²) in [6.07, 6.45) is -4.26. The minimum Gasteiger partial charge on any atom is -0.491 e. The molecule has 1 saturated heterocycles. The van der Waals surface area contributed by atoms with Gasteiger partial charge in [-0.3, -0.25) is 4.79 Å². The Morgan fingerprint density at radius 2 is 1.89 bits per heavy atom. The zero-order valence-electron chi connectivity index (χ0n) is 14.8. The first kappa shape index (κ1) is 20.3. The monoisotopic (exact) mass is 416 g/mol. The quantitative estimate of drug-likeness (QED) is 0.750. The van der Waals surface area contributed by atoms with Crippen molar-refractivity contribution < 1.29 is 32.2 Å². The second-order valence-corrected chi connectivity index (χ2v) is 7.06. The van der Waals surface area contributed by atoms with Crippen molar-refractivity contribution >= 4 is 22.2 Å². The molecule has 1 fully saturated rings. The molecule has 1 aliphatic heterocycles. The highest BCUT2D eigenvalue weighted by Gasteiger charge is 2.31. The summed E-state index contributed by atoms with van der Waals surface area (Å²) in [6, 6.07) is 7.35. The van der Waals surface area contributed by atoms with E-state index in [-0.39, 0.29) is 12.4 Å². The Morgan fingerprint density at radius 3 is 2.50 bits per heavy atom. The highest BCUT2D eigenvalue weighted by molar-refractivity contribution is 7.18. The maximum atomic E-state index is 12.2. The minimum atomic E-state index is -4.72. The molecule has 1 aromatic heterocycles. The number of primary amides is 1. The van der Waals surface area contributed by atoms with Crippen LogP contribution in [0, 0.1) is 0 Å². The van der Waals surface area contributed by atoms with E-state index in [1.165, 1.54) is 35.6 Å². The second kappa shape index (κ2) is 8.70. The molecular weight excluding hydrogens is 397 g/mol. The second-order valence-electron chi connectivity index (χ2n) is 6.03. The fourth-order valence-electron chi connectivity index (χ4n) is 2.72. The smallest absolute Gasteiger partial charge is 0.491 e. The molecule has 3 rings (SSSR count). The van der Waals surface area contributed by atoms with Gasteiger partial charge in [-0.1, -0.05) is 12.1 Å². The lowest BCUT2D eigenvalue weighted by molar-refractivity contribution is -0.274. The molecule has 1 aliphatic rings. The van der Waals surface area contributed by atoms with Crippen molar-refractivity contribution in [3.63, 3.8) is 0 Å². The lowest BCUT2D eigenvalue weighted by Crippen LogP contribution is -2.35. The Hall–Kier alpha value is -2.46. The highest BCUT2D eigenvalue weighted by atomic mass is 32.1. The largest absolute Gasteiger partial charge is 0.573 e. The highest BCUT2D eigenvalue weighted by Crippen LogP contribution is 2.36. The predicted molar refractivity (Wildman–Crippen MR) is 98.2 cm³/mol. The predicted octanol–water partition coefficient (Wildman–Crippen LogP) is 3.20. The molecule has 1 amide bonds. The molecule has 28 heavy (non-hydrogen) atoms. The van der Waals surface area contributed by atoms with Gasteiger partial charge in [0.2, 0.25) is 0 Å². The van der Waals surface area contributed by atoms with Gasteiger partial charge in [-0.2, -0.15) is 0 Å². The summed E-state index contributed by atoms with van der Waals surface area (Å²) in [4.78, 5) is 14.2. The lowest BCUT2D eigenvalue weighted by atomic mass is 10.1. The van der Waals surface area contributed by atoms with E-state index in [0.29, 0.717) is 30.3 Å². The number of carbonyl (C=O) groups is 1. The number of carbonyl (C=O) groups excluding carboxylic acids is 1. The number of nitrogens with zero attached hydrogens (tertiary/aromatic N) is 1. The van der Waals surface area contributed by atoms with Gasteiger partial charge in [0, 0.05) is 25.6 Å². The zero-order chi connectivity index (χ0) is 20.1. The number of rotatable bonds is 7. The van der Waals surface area contributed by atoms with Crippen molar-refractivity contribution in [3.05, 3.63) is 40.8 Å². The molecule has 0 atom stereocenters. The van der Waals surface area contributed by atoms with Crippen LogP contribution in [0.2, 0.25) is 0 Å². The molecule has 0 radical (unpaired) electrons. The SMILES string of the molecule is NC(=O)c1sc(N2CCOCC2)cc1OCCc1ccc(OC(F)(F)F)cc1. The van der Waals surface area contributed by atoms with Crippen molar-refractivity contribution in [1.29, 1.82) is 0 Å². The summed E-state index contributed by atoms with van der Waals surface area (Å²) < 4.78 is 51.4. The molecule has 0 unspecified atom stereocenters. The summed E-state index contributed by atoms with van der Waals surface area (Å²) in [5, 5.41) is 0.890. The zero-order valence-corrected chi connectivity index (χ0v) is 15.6. The van der Waals surface area contributed by atoms with E-state index in [9.17, 15) is 18.0 Å². The number of hydrogen-bond acceptors (Lipinski definition) is 6. The van der Waals surface area contributed by atoms with Gasteiger partial charge in [0.15, 0.2) is 0 Å². The van der Waals surface area contributed by atoms with Crippen LogP contribution < -0.4 is 20.1 Å². The van der Waals surface area contributed by atoms with Gasteiger partial charge in [-0.05, 0) is 17.7 Å². The number of morpholine rings is 1. The summed E-state index contributed by atoms with van der Waals surface area (Å²) in [7, 11) is 0. The normalized spacial score (nSPS) is 14.8. The molecule has 2 aromatic rings. The van der Waals surface area contributed by atoms with Gasteiger partial charge < -0.3 is 24.8 Å². The Kier molecular flexibility index (Phi) is 6.30. The third kappa shape index (κ3) is 5.52. The van der Waals surface area contributed by atoms with E-state index in [1.807, 2.05) is 0 Å². The molecule has 0 spiro atoms. The van der Waals surface area contributed by atoms with Gasteiger partial charge in [0.25, 0.3) is 5.91 Å². The average Bonchev–Trinajstić information content (AvgIpc) is 3.07. The first-order chi connectivity index (χ1) is 13.3. The first-order valence-corrected chi connectivity index (χ1v) is 9.37. The van der Waals surface area contributed by atoms with E-state index in [2.05, 4.69) is 9.64 Å². The topological polar surface area (TPSA) is 74.0 Å². The fraction of sp³-hybridized carbons (Fsp3) is 0.389. The van der Waals surface area contributed by atoms with Crippen molar-refractivity contribution in [2.45, 2.75) is 12.8 Å². The lowest BCUT2D eigenvalue weighted by Gasteiger charge is -2.27. The summed E-state index contributed by atoms with van der Waals surface area (Å²) in [5.74, 6) is -0.426. The minimum absolute atomic E-state index is 0.249. The van der Waals surface area contributed by atoms with E-state index in [0.717, 1.165) is 23.7 Å². The number of thiophene rings is 1. The molecule has 2 heterocycles. The van der Waals surface area contributed by atoms with Crippen LogP contribution in [-0.2, 0) is 11.2 Å². The Bertz CT molecular complexity index is 802. The number of anilines is 1. The molecule has 0 saturated carbocycles. The third-order valence-corrected chi connectivity index (χ3v) is 5.23. The molecule has 1 aromatic carbocycles. The van der Waals surface area contributed by atoms with Crippen LogP contribution in [0.5, 0.6) is 11.5 Å². The number of nitrogens with two attached hydrogens (primary N) is 1. The van der Waals surface area contributed by atoms with Gasteiger partial charge in [0.1, 0.15) is 16.4 Å². The molecule has 0 bridgehead atoms. The van der Waals surface area contributed by atoms with E-state index >= 15 is 0 Å². The van der Waals surface area contributed by atoms with E-state index < -0.39 is 12.3 Å². The summed E-state index contributed by atoms with van der Waals surface area (Å²) in [6.45, 7) is 2.94. The molecule has 6 nitrogen and oxygen atoms in total. The van der Waals surface area contributed by atoms with Crippen LogP contribution in [-0.4, -0.2) is 45.2 Å². The van der Waals surface area contributed by atoms with Gasteiger partial charge >= 0.3 is 6.36 Å². The van der Waals surface area contributed by atoms with Gasteiger partial charge in [0.05, 0.1) is 24.8 Å². The summed E-state index contributed by atoms with van der Waals surface area (Å²) in [5.41, 5.74) is 6.23. The maximum Gasteiger partial charge on any atom is 0.573 e. The van der Waals surface area contributed by atoms with Gasteiger partial charge in [-0.15, -0.1) is 24.5 Å². The standard InChI is InChI=1S/C18H19F3N2O4S/c19-18(20,21)27-13-3-1-12(2-4-13)5-8-26-14-11-15(28-16(14)17(22)24)23-6-9-25-10-7-23/h1-4,11H,5-10H2,(H2,22,24). The molecule has 152 valence electrons. The Balaban J connectivity index is 1.59. The number of hydrogen-bond donors (Lipinski definition) is 1. The van der Waals surface area contributed by atoms with Crippen molar-refractivity contribution in [2.75, 3.05) is 37.8 Å². The van der Waals surface area contributed by atoms with Crippen LogP contribution in [0.15, 0.2) is 30.3 Å². The molecular formula is C18H19F3N2O4S. The average molecular weight is 416 g/mol. The van der Waals surface area contributed by atoms with Crippen molar-refractivity contribution in [1.82, 2.24) is 0 Å². The van der Waals surface area contributed by atoms with E-state index in [1.54, 1.807) is 6.07 Å². The number of ether oxygens (including phenoxy) is 3. The fourth-order valence-corrected chi connectivity index (χ4v) is 3.72. The van der Waals surface area contributed by atoms with Crippen LogP contribution >= 0.6 is 11.3 Å². The number of alkyl halides is 3. The maximum absolute atomic E-state index is 12.2. The Morgan fingerprint density at radius 1 is 1.21 bits per heavy atom. The third-order valence-electron chi connectivity index (χ3n) is 4.04. The Labute approximate surface area is 163 Å². The van der Waals surface area contributed by atoms with Crippen molar-refractivity contribution in [2.24, 2.45) is 5.73 Å². The molecule has 0 aliphatic carbocycles. The first-order valence-electron chi connectivity index (χ1n) is 8.55. The van der Waals surface area contributed by atoms with Gasteiger partial charge in [-0.25, -0.2) is 0 Å². The summed E-state index contributed by atoms with van der Waals surface area (Å²) >= 11 is 1.28.